The molecule has 0 atom stereocenters. The molecule has 186 valence electrons. The van der Waals surface area contributed by atoms with Gasteiger partial charge in [0.05, 0.1) is 4.71 Å². The van der Waals surface area contributed by atoms with Gasteiger partial charge in [0.1, 0.15) is 0 Å². The summed E-state index contributed by atoms with van der Waals surface area (Å²) in [5.74, 6) is -0.155. The highest BCUT2D eigenvalue weighted by atomic mass is 32.2. The van der Waals surface area contributed by atoms with E-state index >= 15 is 0 Å². The SMILES string of the molecule is CN(C)c1ccc(C(=O)NCCCN(CCCNC(=O)c2ccc(N(C)C)cc2)C(S)S)cc1. The van der Waals surface area contributed by atoms with Gasteiger partial charge in [-0.15, -0.1) is 25.3 Å². The van der Waals surface area contributed by atoms with E-state index in [0.29, 0.717) is 24.2 Å². The Kier molecular flexibility index (Phi) is 11.6. The van der Waals surface area contributed by atoms with Crippen LogP contribution in [0.4, 0.5) is 11.4 Å². The molecule has 0 saturated heterocycles. The topological polar surface area (TPSA) is 67.9 Å². The number of anilines is 2. The normalized spacial score (nSPS) is 10.9. The third-order valence-electron chi connectivity index (χ3n) is 5.43. The minimum absolute atomic E-state index is 0.0773. The first kappa shape index (κ1) is 27.9. The maximum atomic E-state index is 12.3. The van der Waals surface area contributed by atoms with Crippen molar-refractivity contribution in [3.05, 3.63) is 59.7 Å². The number of nitrogens with one attached hydrogen (secondary N) is 2. The Labute approximate surface area is 214 Å². The van der Waals surface area contributed by atoms with Gasteiger partial charge < -0.3 is 20.4 Å². The molecule has 2 rings (SSSR count). The maximum absolute atomic E-state index is 12.3. The van der Waals surface area contributed by atoms with Crippen molar-refractivity contribution in [2.75, 3.05) is 64.2 Å². The lowest BCUT2D eigenvalue weighted by molar-refractivity contribution is 0.0945. The van der Waals surface area contributed by atoms with E-state index < -0.39 is 0 Å². The molecule has 0 radical (unpaired) electrons. The summed E-state index contributed by atoms with van der Waals surface area (Å²) in [6.45, 7) is 2.63. The lowest BCUT2D eigenvalue weighted by Gasteiger charge is -2.25. The molecule has 7 nitrogen and oxygen atoms in total. The van der Waals surface area contributed by atoms with Crippen molar-refractivity contribution in [1.29, 1.82) is 0 Å². The van der Waals surface area contributed by atoms with Gasteiger partial charge in [0.2, 0.25) is 0 Å². The van der Waals surface area contributed by atoms with E-state index in [0.717, 1.165) is 37.3 Å². The molecule has 2 N–H and O–H groups in total. The Morgan fingerprint density at radius 3 is 1.35 bits per heavy atom. The summed E-state index contributed by atoms with van der Waals surface area (Å²) >= 11 is 8.91. The highest BCUT2D eigenvalue weighted by molar-refractivity contribution is 7.99. The predicted molar refractivity (Wildman–Crippen MR) is 149 cm³/mol. The van der Waals surface area contributed by atoms with Gasteiger partial charge in [0.25, 0.3) is 11.8 Å². The third-order valence-corrected chi connectivity index (χ3v) is 6.09. The van der Waals surface area contributed by atoms with Gasteiger partial charge in [-0.3, -0.25) is 14.5 Å². The average molecular weight is 504 g/mol. The van der Waals surface area contributed by atoms with Gasteiger partial charge in [-0.2, -0.15) is 0 Å². The third kappa shape index (κ3) is 9.12. The Morgan fingerprint density at radius 1 is 0.706 bits per heavy atom. The molecule has 0 spiro atoms. The second-order valence-corrected chi connectivity index (χ2v) is 9.87. The van der Waals surface area contributed by atoms with Crippen LogP contribution >= 0.6 is 25.3 Å². The van der Waals surface area contributed by atoms with E-state index in [1.807, 2.05) is 86.5 Å². The molecule has 34 heavy (non-hydrogen) atoms. The van der Waals surface area contributed by atoms with Crippen LogP contribution in [0.25, 0.3) is 0 Å². The van der Waals surface area contributed by atoms with Crippen LogP contribution in [0, 0.1) is 0 Å². The number of carbonyl (C=O) groups is 2. The molecule has 0 aliphatic rings. The van der Waals surface area contributed by atoms with Gasteiger partial charge in [0.15, 0.2) is 0 Å². The molecule has 0 bridgehead atoms. The van der Waals surface area contributed by atoms with Gasteiger partial charge in [-0.25, -0.2) is 0 Å². The molecule has 2 aromatic carbocycles. The first-order valence-corrected chi connectivity index (χ1v) is 12.4. The van der Waals surface area contributed by atoms with E-state index in [1.165, 1.54) is 0 Å². The van der Waals surface area contributed by atoms with E-state index in [1.54, 1.807) is 0 Å². The Bertz CT molecular complexity index is 831. The second-order valence-electron chi connectivity index (χ2n) is 8.48. The number of hydrogen-bond acceptors (Lipinski definition) is 7. The molecule has 0 aliphatic heterocycles. The molecule has 0 aromatic heterocycles. The molecule has 0 aliphatic carbocycles. The lowest BCUT2D eigenvalue weighted by Crippen LogP contribution is -2.35. The summed E-state index contributed by atoms with van der Waals surface area (Å²) < 4.78 is -0.205. The number of nitrogens with zero attached hydrogens (tertiary/aromatic N) is 3. The first-order chi connectivity index (χ1) is 16.2. The van der Waals surface area contributed by atoms with E-state index in [-0.39, 0.29) is 16.5 Å². The minimum Gasteiger partial charge on any atom is -0.378 e. The molecular formula is C25H37N5O2S2. The zero-order valence-corrected chi connectivity index (χ0v) is 22.3. The monoisotopic (exact) mass is 503 g/mol. The maximum Gasteiger partial charge on any atom is 0.251 e. The lowest BCUT2D eigenvalue weighted by atomic mass is 10.2. The van der Waals surface area contributed by atoms with Crippen LogP contribution in [0.2, 0.25) is 0 Å². The summed E-state index contributed by atoms with van der Waals surface area (Å²) in [5.41, 5.74) is 3.41. The van der Waals surface area contributed by atoms with Crippen LogP contribution < -0.4 is 20.4 Å². The van der Waals surface area contributed by atoms with Gasteiger partial charge in [0, 0.05) is 76.9 Å². The standard InChI is InChI=1S/C25H37N5O2S2/c1-28(2)21-11-7-19(8-12-21)23(31)26-15-5-17-30(25(33)34)18-6-16-27-24(32)20-9-13-22(14-10-20)29(3)4/h7-14,25,33-34H,5-6,15-18H2,1-4H3,(H,26,31)(H,27,32). The van der Waals surface area contributed by atoms with Gasteiger partial charge in [-0.1, -0.05) is 0 Å². The summed E-state index contributed by atoms with van der Waals surface area (Å²) in [6.07, 6.45) is 1.56. The Hall–Kier alpha value is -2.36. The van der Waals surface area contributed by atoms with Crippen LogP contribution in [0.5, 0.6) is 0 Å². The van der Waals surface area contributed by atoms with Gasteiger partial charge in [-0.05, 0) is 61.4 Å². The van der Waals surface area contributed by atoms with Crippen LogP contribution in [-0.4, -0.2) is 75.8 Å². The van der Waals surface area contributed by atoms with Crippen molar-refractivity contribution >= 4 is 48.4 Å². The fourth-order valence-electron chi connectivity index (χ4n) is 3.34. The molecule has 0 heterocycles. The Balaban J connectivity index is 1.68. The summed E-state index contributed by atoms with van der Waals surface area (Å²) in [4.78, 5) is 30.8. The molecular weight excluding hydrogens is 466 g/mol. The van der Waals surface area contributed by atoms with Crippen LogP contribution in [-0.2, 0) is 0 Å². The van der Waals surface area contributed by atoms with Crippen LogP contribution in [0.15, 0.2) is 48.5 Å². The fourth-order valence-corrected chi connectivity index (χ4v) is 3.80. The minimum atomic E-state index is -0.205. The van der Waals surface area contributed by atoms with Crippen molar-refractivity contribution in [1.82, 2.24) is 15.5 Å². The van der Waals surface area contributed by atoms with E-state index in [2.05, 4.69) is 40.8 Å². The number of rotatable bonds is 13. The van der Waals surface area contributed by atoms with E-state index in [9.17, 15) is 9.59 Å². The number of carbonyl (C=O) groups excluding carboxylic acids is 2. The van der Waals surface area contributed by atoms with Crippen molar-refractivity contribution in [2.24, 2.45) is 0 Å². The first-order valence-electron chi connectivity index (χ1n) is 11.4. The molecule has 2 amide bonds. The van der Waals surface area contributed by atoms with Gasteiger partial charge >= 0.3 is 0 Å². The van der Waals surface area contributed by atoms with E-state index in [4.69, 9.17) is 0 Å². The highest BCUT2D eigenvalue weighted by Gasteiger charge is 2.12. The number of thiol groups is 2. The molecule has 0 unspecified atom stereocenters. The summed E-state index contributed by atoms with van der Waals surface area (Å²) in [7, 11) is 7.87. The largest absolute Gasteiger partial charge is 0.378 e. The molecule has 0 saturated carbocycles. The summed E-state index contributed by atoms with van der Waals surface area (Å²) in [6, 6.07) is 15.1. The zero-order chi connectivity index (χ0) is 25.1. The summed E-state index contributed by atoms with van der Waals surface area (Å²) in [5, 5.41) is 5.93. The average Bonchev–Trinajstić information content (AvgIpc) is 2.82. The van der Waals surface area contributed by atoms with Crippen molar-refractivity contribution in [3.63, 3.8) is 0 Å². The second kappa shape index (κ2) is 14.1. The number of hydrogen-bond donors (Lipinski definition) is 4. The Morgan fingerprint density at radius 2 is 1.06 bits per heavy atom. The highest BCUT2D eigenvalue weighted by Crippen LogP contribution is 2.13. The molecule has 0 fully saturated rings. The number of amides is 2. The quantitative estimate of drug-likeness (QED) is 0.192. The smallest absolute Gasteiger partial charge is 0.251 e. The van der Waals surface area contributed by atoms with Crippen molar-refractivity contribution in [2.45, 2.75) is 17.5 Å². The molecule has 9 heteroatoms. The zero-order valence-electron chi connectivity index (χ0n) is 20.5. The fraction of sp³-hybridized carbons (Fsp3) is 0.440. The number of benzene rings is 2. The molecule has 2 aromatic rings. The van der Waals surface area contributed by atoms with Crippen LogP contribution in [0.3, 0.4) is 0 Å². The van der Waals surface area contributed by atoms with Crippen LogP contribution in [0.1, 0.15) is 33.6 Å². The predicted octanol–water partition coefficient (Wildman–Crippen LogP) is 3.20. The van der Waals surface area contributed by atoms with Crippen molar-refractivity contribution < 1.29 is 9.59 Å². The van der Waals surface area contributed by atoms with Crippen molar-refractivity contribution in [3.8, 4) is 0 Å².